The van der Waals surface area contributed by atoms with Gasteiger partial charge in [-0.3, -0.25) is 9.59 Å². The Morgan fingerprint density at radius 3 is 2.50 bits per heavy atom. The predicted molar refractivity (Wildman–Crippen MR) is 92.5 cm³/mol. The van der Waals surface area contributed by atoms with Crippen molar-refractivity contribution in [3.05, 3.63) is 11.8 Å². The second kappa shape index (κ2) is 7.81. The van der Waals surface area contributed by atoms with E-state index in [0.717, 1.165) is 12.8 Å². The Balaban J connectivity index is 2.00. The monoisotopic (exact) mass is 335 g/mol. The number of carbonyl (C=O) groups is 2. The van der Waals surface area contributed by atoms with Gasteiger partial charge in [-0.15, -0.1) is 0 Å². The van der Waals surface area contributed by atoms with Crippen LogP contribution >= 0.6 is 0 Å². The molecule has 134 valence electrons. The first-order valence-corrected chi connectivity index (χ1v) is 8.78. The highest BCUT2D eigenvalue weighted by Crippen LogP contribution is 2.26. The summed E-state index contributed by atoms with van der Waals surface area (Å²) in [6.07, 6.45) is 5.98. The van der Waals surface area contributed by atoms with Gasteiger partial charge in [0.15, 0.2) is 5.82 Å². The van der Waals surface area contributed by atoms with Gasteiger partial charge in [0.1, 0.15) is 5.76 Å². The van der Waals surface area contributed by atoms with Crippen LogP contribution < -0.4 is 5.32 Å². The van der Waals surface area contributed by atoms with Crippen molar-refractivity contribution in [2.75, 3.05) is 18.4 Å². The molecule has 1 fully saturated rings. The van der Waals surface area contributed by atoms with Crippen LogP contribution in [0.3, 0.4) is 0 Å². The SMILES string of the molecule is Cc1cc(NC(=O)CN(CC2CCCCC2)C(=O)C(C)(C)C)no1. The van der Waals surface area contributed by atoms with E-state index in [4.69, 9.17) is 4.52 Å². The standard InChI is InChI=1S/C18H29N3O3/c1-13-10-15(20-24-13)19-16(22)12-21(17(23)18(2,3)4)11-14-8-6-5-7-9-14/h10,14H,5-9,11-12H2,1-4H3,(H,19,20,22). The number of aromatic nitrogens is 1. The van der Waals surface area contributed by atoms with E-state index in [1.54, 1.807) is 17.9 Å². The molecule has 24 heavy (non-hydrogen) atoms. The summed E-state index contributed by atoms with van der Waals surface area (Å²) in [4.78, 5) is 26.8. The molecule has 0 unspecified atom stereocenters. The van der Waals surface area contributed by atoms with Crippen LogP contribution in [0, 0.1) is 18.3 Å². The van der Waals surface area contributed by atoms with Crippen molar-refractivity contribution in [3.63, 3.8) is 0 Å². The number of amides is 2. The van der Waals surface area contributed by atoms with Crippen molar-refractivity contribution >= 4 is 17.6 Å². The fraction of sp³-hybridized carbons (Fsp3) is 0.722. The van der Waals surface area contributed by atoms with E-state index in [1.807, 2.05) is 20.8 Å². The lowest BCUT2D eigenvalue weighted by Gasteiger charge is -2.33. The number of rotatable bonds is 5. The van der Waals surface area contributed by atoms with E-state index in [9.17, 15) is 9.59 Å². The molecule has 1 heterocycles. The predicted octanol–water partition coefficient (Wildman–Crippen LogP) is 3.38. The van der Waals surface area contributed by atoms with Crippen LogP contribution in [0.4, 0.5) is 5.82 Å². The maximum Gasteiger partial charge on any atom is 0.245 e. The van der Waals surface area contributed by atoms with Gasteiger partial charge in [-0.05, 0) is 25.7 Å². The minimum absolute atomic E-state index is 0.0135. The number of hydrogen-bond acceptors (Lipinski definition) is 4. The van der Waals surface area contributed by atoms with Gasteiger partial charge >= 0.3 is 0 Å². The van der Waals surface area contributed by atoms with Gasteiger partial charge in [-0.1, -0.05) is 45.2 Å². The van der Waals surface area contributed by atoms with Crippen molar-refractivity contribution in [3.8, 4) is 0 Å². The van der Waals surface area contributed by atoms with Gasteiger partial charge in [0.05, 0.1) is 6.54 Å². The summed E-state index contributed by atoms with van der Waals surface area (Å²) < 4.78 is 4.95. The second-order valence-corrected chi connectivity index (χ2v) is 7.81. The lowest BCUT2D eigenvalue weighted by Crippen LogP contribution is -2.46. The lowest BCUT2D eigenvalue weighted by molar-refractivity contribution is -0.142. The van der Waals surface area contributed by atoms with Crippen LogP contribution in [0.5, 0.6) is 0 Å². The van der Waals surface area contributed by atoms with Crippen LogP contribution in [-0.2, 0) is 9.59 Å². The summed E-state index contributed by atoms with van der Waals surface area (Å²) in [7, 11) is 0. The topological polar surface area (TPSA) is 75.4 Å². The van der Waals surface area contributed by atoms with Gasteiger partial charge in [0, 0.05) is 18.0 Å². The second-order valence-electron chi connectivity index (χ2n) is 7.81. The molecule has 6 nitrogen and oxygen atoms in total. The molecule has 0 saturated heterocycles. The molecule has 0 spiro atoms. The van der Waals surface area contributed by atoms with Crippen LogP contribution in [-0.4, -0.2) is 35.0 Å². The number of aryl methyl sites for hydroxylation is 1. The number of nitrogens with zero attached hydrogens (tertiary/aromatic N) is 2. The molecule has 1 aromatic heterocycles. The third-order valence-corrected chi connectivity index (χ3v) is 4.36. The molecule has 0 aliphatic heterocycles. The summed E-state index contributed by atoms with van der Waals surface area (Å²) in [6, 6.07) is 1.66. The van der Waals surface area contributed by atoms with Gasteiger partial charge in [-0.25, -0.2) is 0 Å². The Morgan fingerprint density at radius 1 is 1.29 bits per heavy atom. The third kappa shape index (κ3) is 5.35. The van der Waals surface area contributed by atoms with E-state index in [-0.39, 0.29) is 18.4 Å². The Labute approximate surface area is 143 Å². The summed E-state index contributed by atoms with van der Waals surface area (Å²) in [6.45, 7) is 8.15. The summed E-state index contributed by atoms with van der Waals surface area (Å²) in [5.41, 5.74) is -0.501. The van der Waals surface area contributed by atoms with Crippen molar-refractivity contribution < 1.29 is 14.1 Å². The molecule has 0 aromatic carbocycles. The van der Waals surface area contributed by atoms with E-state index in [0.29, 0.717) is 24.0 Å². The third-order valence-electron chi connectivity index (χ3n) is 4.36. The highest BCUT2D eigenvalue weighted by atomic mass is 16.5. The minimum atomic E-state index is -0.501. The van der Waals surface area contributed by atoms with Crippen molar-refractivity contribution in [2.45, 2.75) is 59.8 Å². The first-order valence-electron chi connectivity index (χ1n) is 8.78. The van der Waals surface area contributed by atoms with E-state index >= 15 is 0 Å². The molecule has 0 bridgehead atoms. The smallest absolute Gasteiger partial charge is 0.245 e. The van der Waals surface area contributed by atoms with E-state index in [2.05, 4.69) is 10.5 Å². The average molecular weight is 335 g/mol. The number of anilines is 1. The van der Waals surface area contributed by atoms with Crippen molar-refractivity contribution in [2.24, 2.45) is 11.3 Å². The molecule has 1 aromatic rings. The van der Waals surface area contributed by atoms with E-state index < -0.39 is 5.41 Å². The fourth-order valence-corrected chi connectivity index (χ4v) is 3.16. The summed E-state index contributed by atoms with van der Waals surface area (Å²) in [5.74, 6) is 1.29. The number of hydrogen-bond donors (Lipinski definition) is 1. The zero-order valence-electron chi connectivity index (χ0n) is 15.2. The zero-order valence-corrected chi connectivity index (χ0v) is 15.2. The molecule has 0 atom stereocenters. The van der Waals surface area contributed by atoms with Gasteiger partial charge in [0.25, 0.3) is 0 Å². The van der Waals surface area contributed by atoms with Gasteiger partial charge in [-0.2, -0.15) is 0 Å². The van der Waals surface area contributed by atoms with Crippen LogP contribution in [0.25, 0.3) is 0 Å². The lowest BCUT2D eigenvalue weighted by atomic mass is 9.87. The molecule has 1 N–H and O–H groups in total. The summed E-state index contributed by atoms with van der Waals surface area (Å²) in [5, 5.41) is 6.46. The van der Waals surface area contributed by atoms with Crippen LogP contribution in [0.2, 0.25) is 0 Å². The largest absolute Gasteiger partial charge is 0.360 e. The molecular formula is C18H29N3O3. The Bertz CT molecular complexity index is 568. The van der Waals surface area contributed by atoms with Gasteiger partial charge < -0.3 is 14.7 Å². The number of nitrogens with one attached hydrogen (secondary N) is 1. The molecule has 2 rings (SSSR count). The quantitative estimate of drug-likeness (QED) is 0.895. The molecule has 0 radical (unpaired) electrons. The normalized spacial score (nSPS) is 16.0. The Kier molecular flexibility index (Phi) is 6.02. The highest BCUT2D eigenvalue weighted by molar-refractivity contribution is 5.94. The summed E-state index contributed by atoms with van der Waals surface area (Å²) >= 11 is 0. The average Bonchev–Trinajstić information content (AvgIpc) is 2.91. The Hall–Kier alpha value is -1.85. The fourth-order valence-electron chi connectivity index (χ4n) is 3.16. The molecule has 2 amide bonds. The van der Waals surface area contributed by atoms with Crippen molar-refractivity contribution in [1.82, 2.24) is 10.1 Å². The molecule has 1 aliphatic rings. The van der Waals surface area contributed by atoms with Crippen LogP contribution in [0.15, 0.2) is 10.6 Å². The minimum Gasteiger partial charge on any atom is -0.360 e. The molecule has 6 heteroatoms. The number of carbonyl (C=O) groups excluding carboxylic acids is 2. The zero-order chi connectivity index (χ0) is 17.7. The Morgan fingerprint density at radius 2 is 1.96 bits per heavy atom. The first-order chi connectivity index (χ1) is 11.3. The van der Waals surface area contributed by atoms with Crippen LogP contribution in [0.1, 0.15) is 58.6 Å². The maximum atomic E-state index is 12.7. The molecule has 1 aliphatic carbocycles. The van der Waals surface area contributed by atoms with Gasteiger partial charge in [0.2, 0.25) is 11.8 Å². The molecule has 1 saturated carbocycles. The first kappa shape index (κ1) is 18.5. The molecular weight excluding hydrogens is 306 g/mol. The van der Waals surface area contributed by atoms with E-state index in [1.165, 1.54) is 19.3 Å². The maximum absolute atomic E-state index is 12.7. The van der Waals surface area contributed by atoms with Crippen molar-refractivity contribution in [1.29, 1.82) is 0 Å². The highest BCUT2D eigenvalue weighted by Gasteiger charge is 2.30.